The Morgan fingerprint density at radius 3 is 2.47 bits per heavy atom. The Labute approximate surface area is 189 Å². The monoisotopic (exact) mass is 461 g/mol. The molecule has 1 aliphatic carbocycles. The van der Waals surface area contributed by atoms with Gasteiger partial charge in [0, 0.05) is 43.2 Å². The van der Waals surface area contributed by atoms with E-state index >= 15 is 0 Å². The van der Waals surface area contributed by atoms with Crippen molar-refractivity contribution in [2.75, 3.05) is 49.3 Å². The van der Waals surface area contributed by atoms with Crippen molar-refractivity contribution in [3.05, 3.63) is 36.0 Å². The van der Waals surface area contributed by atoms with Crippen molar-refractivity contribution in [3.63, 3.8) is 0 Å². The molecule has 2 heterocycles. The molecule has 0 bridgehead atoms. The van der Waals surface area contributed by atoms with Gasteiger partial charge in [-0.25, -0.2) is 14.8 Å². The lowest BCUT2D eigenvalue weighted by Crippen LogP contribution is -2.37. The quantitative estimate of drug-likeness (QED) is 0.494. The normalized spacial score (nSPS) is 18.2. The van der Waals surface area contributed by atoms with Crippen LogP contribution in [0.2, 0.25) is 0 Å². The summed E-state index contributed by atoms with van der Waals surface area (Å²) < 4.78 is 25.8. The first kappa shape index (κ1) is 22.8. The highest BCUT2D eigenvalue weighted by Crippen LogP contribution is 2.69. The van der Waals surface area contributed by atoms with Crippen molar-refractivity contribution >= 4 is 28.1 Å². The summed E-state index contributed by atoms with van der Waals surface area (Å²) in [5.74, 6) is 1.30. The fraction of sp³-hybridized carbons (Fsp3) is 0.500. The molecule has 0 unspecified atom stereocenters. The Kier molecular flexibility index (Phi) is 6.57. The van der Waals surface area contributed by atoms with Crippen LogP contribution in [0.4, 0.5) is 16.3 Å². The highest BCUT2D eigenvalue weighted by atomic mass is 32.3. The summed E-state index contributed by atoms with van der Waals surface area (Å²) in [4.78, 5) is 23.6. The van der Waals surface area contributed by atoms with Gasteiger partial charge in [-0.3, -0.25) is 9.11 Å². The van der Waals surface area contributed by atoms with Crippen molar-refractivity contribution < 1.29 is 18.6 Å². The van der Waals surface area contributed by atoms with E-state index in [4.69, 9.17) is 14.7 Å². The molecule has 1 aliphatic heterocycles. The number of anilines is 2. The molecule has 1 aromatic heterocycles. The number of carbonyl (C=O) groups is 1. The maximum atomic E-state index is 11.9. The second kappa shape index (κ2) is 9.22. The zero-order chi connectivity index (χ0) is 22.8. The summed E-state index contributed by atoms with van der Waals surface area (Å²) in [6.07, 6.45) is 3.76. The second-order valence-corrected chi connectivity index (χ2v) is 10.8. The van der Waals surface area contributed by atoms with Gasteiger partial charge in [-0.2, -0.15) is 10.6 Å². The zero-order valence-corrected chi connectivity index (χ0v) is 19.3. The molecule has 2 aliphatic rings. The van der Waals surface area contributed by atoms with E-state index in [1.54, 1.807) is 0 Å². The first-order valence-corrected chi connectivity index (χ1v) is 12.9. The molecule has 2 aromatic rings. The van der Waals surface area contributed by atoms with Crippen LogP contribution in [0.1, 0.15) is 31.9 Å². The van der Waals surface area contributed by atoms with Crippen molar-refractivity contribution in [1.82, 2.24) is 15.3 Å². The summed E-state index contributed by atoms with van der Waals surface area (Å²) in [6, 6.07) is 9.00. The first-order chi connectivity index (χ1) is 15.3. The van der Waals surface area contributed by atoms with Crippen LogP contribution < -0.4 is 15.5 Å². The molecule has 32 heavy (non-hydrogen) atoms. The predicted octanol–water partition coefficient (Wildman–Crippen LogP) is 3.88. The second-order valence-electron chi connectivity index (χ2n) is 8.32. The van der Waals surface area contributed by atoms with Crippen LogP contribution in [0.3, 0.4) is 0 Å². The number of nitrogens with one attached hydrogen (secondary N) is 2. The Bertz CT molecular complexity index is 954. The number of nitrogens with zero attached hydrogens (tertiary/aromatic N) is 3. The third-order valence-corrected chi connectivity index (χ3v) is 7.99. The van der Waals surface area contributed by atoms with Gasteiger partial charge in [0.1, 0.15) is 10.6 Å². The number of hydrogen-bond acceptors (Lipinski definition) is 7. The lowest BCUT2D eigenvalue weighted by Gasteiger charge is -2.37. The Morgan fingerprint density at radius 1 is 1.19 bits per heavy atom. The predicted molar refractivity (Wildman–Crippen MR) is 127 cm³/mol. The van der Waals surface area contributed by atoms with Crippen LogP contribution >= 0.6 is 10.6 Å². The standard InChI is InChI=1S/C22H31N5O4S/c1-3-10-23-21(28)24-17-6-4-16(5-7-17)20-25-18(22(8-9-22)32(2,29)30)15-19(26-20)27-11-13-31-14-12-27/h4-7,15,29-30H,3,8-14H2,1-2H3,(H2,23,24,28). The molecule has 4 N–H and O–H groups in total. The average molecular weight is 462 g/mol. The highest BCUT2D eigenvalue weighted by Gasteiger charge is 2.55. The van der Waals surface area contributed by atoms with Crippen LogP contribution in [0.5, 0.6) is 0 Å². The van der Waals surface area contributed by atoms with Crippen LogP contribution in [-0.2, 0) is 9.48 Å². The molecular weight excluding hydrogens is 430 g/mol. The Balaban J connectivity index is 1.64. The van der Waals surface area contributed by atoms with E-state index in [1.165, 1.54) is 6.26 Å². The molecule has 0 spiro atoms. The maximum Gasteiger partial charge on any atom is 0.319 e. The highest BCUT2D eigenvalue weighted by molar-refractivity contribution is 8.24. The van der Waals surface area contributed by atoms with Crippen molar-refractivity contribution in [1.29, 1.82) is 0 Å². The molecule has 1 saturated heterocycles. The SMILES string of the molecule is CCCNC(=O)Nc1ccc(-c2nc(N3CCOCC3)cc(C3(S(C)(O)O)CC3)n2)cc1. The van der Waals surface area contributed by atoms with Crippen molar-refractivity contribution in [2.45, 2.75) is 30.9 Å². The Hall–Kier alpha value is -2.40. The van der Waals surface area contributed by atoms with Crippen LogP contribution in [0, 0.1) is 0 Å². The van der Waals surface area contributed by atoms with Gasteiger partial charge in [0.2, 0.25) is 0 Å². The molecule has 2 amide bonds. The molecule has 4 rings (SSSR count). The van der Waals surface area contributed by atoms with Gasteiger partial charge < -0.3 is 20.3 Å². The minimum Gasteiger partial charge on any atom is -0.378 e. The molecule has 9 nitrogen and oxygen atoms in total. The van der Waals surface area contributed by atoms with Gasteiger partial charge in [0.15, 0.2) is 5.82 Å². The first-order valence-electron chi connectivity index (χ1n) is 10.9. The number of hydrogen-bond donors (Lipinski definition) is 4. The minimum atomic E-state index is -2.81. The van der Waals surface area contributed by atoms with Gasteiger partial charge >= 0.3 is 6.03 Å². The van der Waals surface area contributed by atoms with E-state index in [-0.39, 0.29) is 6.03 Å². The Morgan fingerprint density at radius 2 is 1.88 bits per heavy atom. The molecule has 1 aromatic carbocycles. The number of carbonyl (C=O) groups excluding carboxylic acids is 1. The number of urea groups is 1. The summed E-state index contributed by atoms with van der Waals surface area (Å²) in [6.45, 7) is 5.32. The molecule has 10 heteroatoms. The van der Waals surface area contributed by atoms with E-state index in [0.29, 0.717) is 49.8 Å². The molecule has 0 atom stereocenters. The van der Waals surface area contributed by atoms with E-state index in [2.05, 4.69) is 15.5 Å². The summed E-state index contributed by atoms with van der Waals surface area (Å²) in [5.41, 5.74) is 2.14. The number of rotatable bonds is 7. The van der Waals surface area contributed by atoms with Crippen LogP contribution in [0.15, 0.2) is 30.3 Å². The molecular formula is C22H31N5O4S. The third kappa shape index (κ3) is 4.83. The van der Waals surface area contributed by atoms with Crippen molar-refractivity contribution in [2.24, 2.45) is 0 Å². The van der Waals surface area contributed by atoms with Crippen LogP contribution in [0.25, 0.3) is 11.4 Å². The number of benzene rings is 1. The van der Waals surface area contributed by atoms with Gasteiger partial charge in [-0.15, -0.1) is 0 Å². The van der Waals surface area contributed by atoms with E-state index in [9.17, 15) is 13.9 Å². The zero-order valence-electron chi connectivity index (χ0n) is 18.5. The fourth-order valence-corrected chi connectivity index (χ4v) is 5.20. The number of morpholine rings is 1. The van der Waals surface area contributed by atoms with E-state index < -0.39 is 15.3 Å². The van der Waals surface area contributed by atoms with Crippen molar-refractivity contribution in [3.8, 4) is 11.4 Å². The number of ether oxygens (including phenoxy) is 1. The van der Waals surface area contributed by atoms with Gasteiger partial charge in [-0.05, 0) is 43.5 Å². The van der Waals surface area contributed by atoms with E-state index in [1.807, 2.05) is 37.3 Å². The van der Waals surface area contributed by atoms with E-state index in [0.717, 1.165) is 30.9 Å². The summed E-state index contributed by atoms with van der Waals surface area (Å²) in [7, 11) is -2.81. The number of amides is 2. The van der Waals surface area contributed by atoms with Gasteiger partial charge in [0.25, 0.3) is 0 Å². The molecule has 2 fully saturated rings. The maximum absolute atomic E-state index is 11.9. The topological polar surface area (TPSA) is 120 Å². The minimum absolute atomic E-state index is 0.240. The number of aromatic nitrogens is 2. The molecule has 1 saturated carbocycles. The molecule has 0 radical (unpaired) electrons. The summed E-state index contributed by atoms with van der Waals surface area (Å²) in [5, 5.41) is 5.59. The van der Waals surface area contributed by atoms with Gasteiger partial charge in [0.05, 0.1) is 18.9 Å². The largest absolute Gasteiger partial charge is 0.378 e. The molecule has 174 valence electrons. The fourth-order valence-electron chi connectivity index (χ4n) is 3.82. The lowest BCUT2D eigenvalue weighted by molar-refractivity contribution is 0.122. The summed E-state index contributed by atoms with van der Waals surface area (Å²) >= 11 is 0. The smallest absolute Gasteiger partial charge is 0.319 e. The van der Waals surface area contributed by atoms with Gasteiger partial charge in [-0.1, -0.05) is 6.92 Å². The lowest BCUT2D eigenvalue weighted by atomic mass is 10.1. The average Bonchev–Trinajstić information content (AvgIpc) is 3.61. The third-order valence-electron chi connectivity index (χ3n) is 5.90. The van der Waals surface area contributed by atoms with Crippen LogP contribution in [-0.4, -0.2) is 64.2 Å².